The number of amides is 1. The van der Waals surface area contributed by atoms with E-state index in [9.17, 15) is 4.79 Å². The number of aromatic nitrogens is 1. The Bertz CT molecular complexity index is 680. The minimum absolute atomic E-state index is 0.145. The van der Waals surface area contributed by atoms with Crippen molar-refractivity contribution in [2.75, 3.05) is 12.3 Å². The summed E-state index contributed by atoms with van der Waals surface area (Å²) in [6, 6.07) is 9.41. The molecule has 22 heavy (non-hydrogen) atoms. The average molecular weight is 296 g/mol. The number of pyridine rings is 1. The molecular formula is C17H20N4O. The molecular weight excluding hydrogens is 276 g/mol. The minimum Gasteiger partial charge on any atom is -0.398 e. The molecule has 2 aromatic rings. The highest BCUT2D eigenvalue weighted by atomic mass is 16.1. The summed E-state index contributed by atoms with van der Waals surface area (Å²) in [7, 11) is 0. The van der Waals surface area contributed by atoms with Gasteiger partial charge in [-0.3, -0.25) is 9.78 Å². The van der Waals surface area contributed by atoms with E-state index in [-0.39, 0.29) is 11.6 Å². The van der Waals surface area contributed by atoms with E-state index in [1.807, 2.05) is 37.3 Å². The van der Waals surface area contributed by atoms with E-state index in [0.29, 0.717) is 12.2 Å². The molecule has 0 aliphatic heterocycles. The summed E-state index contributed by atoms with van der Waals surface area (Å²) in [6.45, 7) is 2.58. The van der Waals surface area contributed by atoms with Crippen LogP contribution in [0.1, 0.15) is 18.9 Å². The van der Waals surface area contributed by atoms with Crippen LogP contribution in [0.3, 0.4) is 0 Å². The molecule has 1 aromatic heterocycles. The van der Waals surface area contributed by atoms with Crippen LogP contribution in [-0.4, -0.2) is 17.4 Å². The van der Waals surface area contributed by atoms with Crippen molar-refractivity contribution in [2.24, 2.45) is 5.73 Å². The van der Waals surface area contributed by atoms with Crippen molar-refractivity contribution in [3.8, 4) is 11.1 Å². The van der Waals surface area contributed by atoms with Gasteiger partial charge in [-0.25, -0.2) is 0 Å². The van der Waals surface area contributed by atoms with Gasteiger partial charge < -0.3 is 16.8 Å². The van der Waals surface area contributed by atoms with Crippen LogP contribution in [0.2, 0.25) is 0 Å². The van der Waals surface area contributed by atoms with E-state index in [4.69, 9.17) is 11.5 Å². The Morgan fingerprint density at radius 1 is 1.27 bits per heavy atom. The Morgan fingerprint density at radius 2 is 2.00 bits per heavy atom. The lowest BCUT2D eigenvalue weighted by atomic mass is 10.0. The van der Waals surface area contributed by atoms with Gasteiger partial charge in [-0.1, -0.05) is 25.1 Å². The summed E-state index contributed by atoms with van der Waals surface area (Å²) in [6.07, 6.45) is 5.89. The van der Waals surface area contributed by atoms with E-state index in [1.165, 1.54) is 0 Å². The highest BCUT2D eigenvalue weighted by Crippen LogP contribution is 2.29. The van der Waals surface area contributed by atoms with Gasteiger partial charge in [0.25, 0.3) is 5.91 Å². The van der Waals surface area contributed by atoms with Crippen molar-refractivity contribution < 1.29 is 4.79 Å². The number of carbonyl (C=O) groups is 1. The highest BCUT2D eigenvalue weighted by molar-refractivity contribution is 5.98. The molecule has 0 saturated carbocycles. The van der Waals surface area contributed by atoms with Crippen molar-refractivity contribution in [2.45, 2.75) is 13.3 Å². The van der Waals surface area contributed by atoms with E-state index < -0.39 is 0 Å². The van der Waals surface area contributed by atoms with Crippen LogP contribution in [0, 0.1) is 0 Å². The van der Waals surface area contributed by atoms with Crippen molar-refractivity contribution in [1.82, 2.24) is 10.3 Å². The molecule has 0 saturated heterocycles. The lowest BCUT2D eigenvalue weighted by molar-refractivity contribution is -0.117. The first kappa shape index (κ1) is 15.6. The van der Waals surface area contributed by atoms with E-state index in [0.717, 1.165) is 23.1 Å². The third-order valence-corrected chi connectivity index (χ3v) is 3.24. The third kappa shape index (κ3) is 3.63. The highest BCUT2D eigenvalue weighted by Gasteiger charge is 2.08. The number of anilines is 1. The van der Waals surface area contributed by atoms with Crippen LogP contribution in [0.15, 0.2) is 48.4 Å². The summed E-state index contributed by atoms with van der Waals surface area (Å²) in [5.74, 6) is -0.282. The Morgan fingerprint density at radius 3 is 2.68 bits per heavy atom. The van der Waals surface area contributed by atoms with Gasteiger partial charge in [0, 0.05) is 35.8 Å². The summed E-state index contributed by atoms with van der Waals surface area (Å²) in [5, 5.41) is 2.74. The van der Waals surface area contributed by atoms with Gasteiger partial charge in [-0.15, -0.1) is 0 Å². The van der Waals surface area contributed by atoms with Crippen molar-refractivity contribution >= 4 is 17.7 Å². The second-order valence-electron chi connectivity index (χ2n) is 4.90. The number of nitrogens with two attached hydrogens (primary N) is 2. The average Bonchev–Trinajstić information content (AvgIpc) is 2.55. The summed E-state index contributed by atoms with van der Waals surface area (Å²) in [4.78, 5) is 15.8. The van der Waals surface area contributed by atoms with Gasteiger partial charge in [0.05, 0.1) is 5.70 Å². The summed E-state index contributed by atoms with van der Waals surface area (Å²) < 4.78 is 0. The molecule has 114 valence electrons. The zero-order valence-electron chi connectivity index (χ0n) is 12.5. The maximum absolute atomic E-state index is 11.8. The predicted molar refractivity (Wildman–Crippen MR) is 89.6 cm³/mol. The smallest absolute Gasteiger partial charge is 0.267 e. The monoisotopic (exact) mass is 296 g/mol. The van der Waals surface area contributed by atoms with Gasteiger partial charge in [0.2, 0.25) is 0 Å². The lowest BCUT2D eigenvalue weighted by Gasteiger charge is -2.10. The second kappa shape index (κ2) is 7.26. The first-order valence-electron chi connectivity index (χ1n) is 7.17. The SMILES string of the molecule is CCCNC(=O)/C(N)=C/c1cccc(-c2ccncc2)c1N. The molecule has 0 aliphatic carbocycles. The van der Waals surface area contributed by atoms with E-state index in [2.05, 4.69) is 10.3 Å². The van der Waals surface area contributed by atoms with Crippen LogP contribution in [0.25, 0.3) is 17.2 Å². The van der Waals surface area contributed by atoms with E-state index in [1.54, 1.807) is 18.5 Å². The third-order valence-electron chi connectivity index (χ3n) is 3.24. The number of nitrogens with one attached hydrogen (secondary N) is 1. The quantitative estimate of drug-likeness (QED) is 0.582. The number of nitrogen functional groups attached to an aromatic ring is 1. The number of benzene rings is 1. The van der Waals surface area contributed by atoms with E-state index >= 15 is 0 Å². The fourth-order valence-electron chi connectivity index (χ4n) is 2.07. The largest absolute Gasteiger partial charge is 0.398 e. The number of nitrogens with zero attached hydrogens (tertiary/aromatic N) is 1. The topological polar surface area (TPSA) is 94.0 Å². The van der Waals surface area contributed by atoms with Crippen LogP contribution in [0.5, 0.6) is 0 Å². The number of rotatable bonds is 5. The van der Waals surface area contributed by atoms with Crippen LogP contribution in [-0.2, 0) is 4.79 Å². The van der Waals surface area contributed by atoms with Gasteiger partial charge >= 0.3 is 0 Å². The maximum atomic E-state index is 11.8. The first-order valence-corrected chi connectivity index (χ1v) is 7.17. The van der Waals surface area contributed by atoms with Crippen molar-refractivity contribution in [3.63, 3.8) is 0 Å². The van der Waals surface area contributed by atoms with Crippen LogP contribution >= 0.6 is 0 Å². The second-order valence-corrected chi connectivity index (χ2v) is 4.90. The molecule has 1 aromatic carbocycles. The first-order chi connectivity index (χ1) is 10.6. The lowest BCUT2D eigenvalue weighted by Crippen LogP contribution is -2.29. The molecule has 0 fully saturated rings. The Balaban J connectivity index is 2.31. The van der Waals surface area contributed by atoms with Crippen molar-refractivity contribution in [3.05, 3.63) is 54.0 Å². The van der Waals surface area contributed by atoms with Gasteiger partial charge in [-0.05, 0) is 30.2 Å². The Kier molecular flexibility index (Phi) is 5.14. The summed E-state index contributed by atoms with van der Waals surface area (Å²) in [5.41, 5.74) is 15.3. The summed E-state index contributed by atoms with van der Waals surface area (Å²) >= 11 is 0. The Labute approximate surface area is 130 Å². The van der Waals surface area contributed by atoms with Gasteiger partial charge in [0.1, 0.15) is 0 Å². The van der Waals surface area contributed by atoms with Crippen LogP contribution in [0.4, 0.5) is 5.69 Å². The molecule has 5 heteroatoms. The molecule has 2 rings (SSSR count). The van der Waals surface area contributed by atoms with Crippen LogP contribution < -0.4 is 16.8 Å². The fourth-order valence-corrected chi connectivity index (χ4v) is 2.07. The molecule has 0 radical (unpaired) electrons. The normalized spacial score (nSPS) is 11.2. The zero-order valence-corrected chi connectivity index (χ0v) is 12.5. The minimum atomic E-state index is -0.282. The Hall–Kier alpha value is -2.82. The molecule has 0 bridgehead atoms. The van der Waals surface area contributed by atoms with Gasteiger partial charge in [-0.2, -0.15) is 0 Å². The number of hydrogen-bond donors (Lipinski definition) is 3. The molecule has 1 amide bonds. The molecule has 0 atom stereocenters. The molecule has 0 aliphatic rings. The number of para-hydroxylation sites is 1. The fraction of sp³-hybridized carbons (Fsp3) is 0.176. The molecule has 0 unspecified atom stereocenters. The standard InChI is InChI=1S/C17H20N4O/c1-2-8-21-17(22)15(18)11-13-4-3-5-14(16(13)19)12-6-9-20-10-7-12/h3-7,9-11H,2,8,18-19H2,1H3,(H,21,22)/b15-11-. The number of carbonyl (C=O) groups excluding carboxylic acids is 1. The predicted octanol–water partition coefficient (Wildman–Crippen LogP) is 2.16. The van der Waals surface area contributed by atoms with Gasteiger partial charge in [0.15, 0.2) is 0 Å². The molecule has 5 N–H and O–H groups in total. The molecule has 0 spiro atoms. The molecule has 5 nitrogen and oxygen atoms in total. The number of hydrogen-bond acceptors (Lipinski definition) is 4. The van der Waals surface area contributed by atoms with Crippen molar-refractivity contribution in [1.29, 1.82) is 0 Å². The zero-order chi connectivity index (χ0) is 15.9. The molecule has 1 heterocycles. The maximum Gasteiger partial charge on any atom is 0.267 e.